The quantitative estimate of drug-likeness (QED) is 0.721. The first-order valence-corrected chi connectivity index (χ1v) is 11.2. The lowest BCUT2D eigenvalue weighted by Gasteiger charge is -2.34. The number of Topliss-reactive ketones (excluding diaryl/α,β-unsaturated/α-hetero) is 1. The molecule has 2 atom stereocenters. The molecular weight excluding hydrogens is 398 g/mol. The molecule has 1 aliphatic carbocycles. The normalized spacial score (nSPS) is 21.2. The van der Waals surface area contributed by atoms with E-state index in [0.29, 0.717) is 30.8 Å². The predicted molar refractivity (Wildman–Crippen MR) is 117 cm³/mol. The van der Waals surface area contributed by atoms with Crippen LogP contribution in [0.4, 0.5) is 0 Å². The van der Waals surface area contributed by atoms with E-state index in [9.17, 15) is 9.59 Å². The smallest absolute Gasteiger partial charge is 0.225 e. The molecule has 1 aliphatic heterocycles. The summed E-state index contributed by atoms with van der Waals surface area (Å²) in [6.45, 7) is 0. The number of nitrogens with one attached hydrogen (secondary N) is 1. The third-order valence-corrected chi connectivity index (χ3v) is 6.68. The summed E-state index contributed by atoms with van der Waals surface area (Å²) in [6.07, 6.45) is 3.39. The van der Waals surface area contributed by atoms with Crippen molar-refractivity contribution >= 4 is 23.5 Å². The molecule has 5 nitrogen and oxygen atoms in total. The summed E-state index contributed by atoms with van der Waals surface area (Å²) in [5.41, 5.74) is 3.56. The van der Waals surface area contributed by atoms with Gasteiger partial charge in [0.2, 0.25) is 5.91 Å². The lowest BCUT2D eigenvalue weighted by molar-refractivity contribution is -0.122. The minimum Gasteiger partial charge on any atom is -0.493 e. The number of hydrogen-bond donors (Lipinski definition) is 1. The summed E-state index contributed by atoms with van der Waals surface area (Å²) in [5, 5.41) is 2.98. The highest BCUT2D eigenvalue weighted by molar-refractivity contribution is 7.98. The van der Waals surface area contributed by atoms with Gasteiger partial charge in [0, 0.05) is 34.9 Å². The summed E-state index contributed by atoms with van der Waals surface area (Å²) < 4.78 is 10.7. The highest BCUT2D eigenvalue weighted by Crippen LogP contribution is 2.43. The fourth-order valence-electron chi connectivity index (χ4n) is 4.42. The van der Waals surface area contributed by atoms with Crippen molar-refractivity contribution in [2.45, 2.75) is 36.0 Å². The van der Waals surface area contributed by atoms with E-state index >= 15 is 0 Å². The van der Waals surface area contributed by atoms with E-state index < -0.39 is 0 Å². The number of hydrogen-bond acceptors (Lipinski definition) is 5. The highest BCUT2D eigenvalue weighted by atomic mass is 32.2. The Labute approximate surface area is 180 Å². The summed E-state index contributed by atoms with van der Waals surface area (Å²) in [5.74, 6) is 1.19. The SMILES string of the molecule is COc1ccc([C@@H]2CC(=O)C3=C(C2)NC(=O)C[C@H]3c2ccc(SC)cc2)cc1OC. The van der Waals surface area contributed by atoms with Gasteiger partial charge in [0.25, 0.3) is 0 Å². The molecule has 0 spiro atoms. The van der Waals surface area contributed by atoms with Crippen LogP contribution in [0.25, 0.3) is 0 Å². The molecule has 1 N–H and O–H groups in total. The van der Waals surface area contributed by atoms with E-state index in [1.165, 1.54) is 0 Å². The minimum absolute atomic E-state index is 0.00558. The van der Waals surface area contributed by atoms with Gasteiger partial charge < -0.3 is 14.8 Å². The van der Waals surface area contributed by atoms with Crippen LogP contribution < -0.4 is 14.8 Å². The van der Waals surface area contributed by atoms with Crippen LogP contribution in [0.15, 0.2) is 58.6 Å². The van der Waals surface area contributed by atoms with Gasteiger partial charge >= 0.3 is 0 Å². The lowest BCUT2D eigenvalue weighted by Crippen LogP contribution is -2.38. The van der Waals surface area contributed by atoms with Gasteiger partial charge in [-0.1, -0.05) is 18.2 Å². The van der Waals surface area contributed by atoms with Crippen LogP contribution in [0.5, 0.6) is 11.5 Å². The topological polar surface area (TPSA) is 64.6 Å². The van der Waals surface area contributed by atoms with Crippen molar-refractivity contribution in [2.24, 2.45) is 0 Å². The van der Waals surface area contributed by atoms with E-state index in [1.54, 1.807) is 26.0 Å². The largest absolute Gasteiger partial charge is 0.493 e. The van der Waals surface area contributed by atoms with Crippen LogP contribution in [0.1, 0.15) is 42.2 Å². The zero-order valence-corrected chi connectivity index (χ0v) is 18.2. The molecule has 30 heavy (non-hydrogen) atoms. The zero-order valence-electron chi connectivity index (χ0n) is 17.4. The maximum Gasteiger partial charge on any atom is 0.225 e. The molecule has 0 unspecified atom stereocenters. The Kier molecular flexibility index (Phi) is 5.86. The maximum absolute atomic E-state index is 13.2. The molecule has 0 saturated heterocycles. The van der Waals surface area contributed by atoms with Gasteiger partial charge in [0.15, 0.2) is 17.3 Å². The van der Waals surface area contributed by atoms with Crippen molar-refractivity contribution < 1.29 is 19.1 Å². The van der Waals surface area contributed by atoms with Gasteiger partial charge in [0.1, 0.15) is 0 Å². The standard InChI is InChI=1S/C24H25NO4S/c1-28-21-9-6-15(12-22(21)29-2)16-10-19-24(20(26)11-16)18(13-23(27)25-19)14-4-7-17(30-3)8-5-14/h4-9,12,16,18H,10-11,13H2,1-3H3,(H,25,27)/t16-,18-/m0/s1. The van der Waals surface area contributed by atoms with E-state index in [2.05, 4.69) is 5.32 Å². The first-order valence-electron chi connectivity index (χ1n) is 9.96. The summed E-state index contributed by atoms with van der Waals surface area (Å²) in [7, 11) is 3.20. The molecule has 4 rings (SSSR count). The number of rotatable bonds is 5. The number of carbonyl (C=O) groups is 2. The molecule has 2 aromatic rings. The molecular formula is C24H25NO4S. The summed E-state index contributed by atoms with van der Waals surface area (Å²) in [4.78, 5) is 26.9. The van der Waals surface area contributed by atoms with Crippen LogP contribution in [-0.2, 0) is 9.59 Å². The number of amides is 1. The number of methoxy groups -OCH3 is 2. The van der Waals surface area contributed by atoms with Gasteiger partial charge in [-0.15, -0.1) is 11.8 Å². The van der Waals surface area contributed by atoms with Crippen molar-refractivity contribution in [1.29, 1.82) is 0 Å². The van der Waals surface area contributed by atoms with Crippen molar-refractivity contribution in [2.75, 3.05) is 20.5 Å². The molecule has 2 aliphatic rings. The summed E-state index contributed by atoms with van der Waals surface area (Å²) >= 11 is 1.67. The maximum atomic E-state index is 13.2. The summed E-state index contributed by atoms with van der Waals surface area (Å²) in [6, 6.07) is 13.9. The second kappa shape index (κ2) is 8.56. The van der Waals surface area contributed by atoms with Crippen molar-refractivity contribution in [3.8, 4) is 11.5 Å². The van der Waals surface area contributed by atoms with Crippen LogP contribution >= 0.6 is 11.8 Å². The van der Waals surface area contributed by atoms with E-state index in [1.807, 2.05) is 48.7 Å². The van der Waals surface area contributed by atoms with Gasteiger partial charge in [-0.3, -0.25) is 9.59 Å². The predicted octanol–water partition coefficient (Wildman–Crippen LogP) is 4.43. The van der Waals surface area contributed by atoms with Crippen LogP contribution in [0.3, 0.4) is 0 Å². The zero-order chi connectivity index (χ0) is 21.3. The Morgan fingerprint density at radius 1 is 0.900 bits per heavy atom. The van der Waals surface area contributed by atoms with Crippen LogP contribution in [0, 0.1) is 0 Å². The number of benzene rings is 2. The molecule has 0 aromatic heterocycles. The molecule has 0 fully saturated rings. The highest BCUT2D eigenvalue weighted by Gasteiger charge is 2.38. The Balaban J connectivity index is 1.67. The molecule has 0 bridgehead atoms. The van der Waals surface area contributed by atoms with Crippen molar-refractivity contribution in [3.63, 3.8) is 0 Å². The molecule has 1 amide bonds. The van der Waals surface area contributed by atoms with Gasteiger partial charge in [0.05, 0.1) is 14.2 Å². The Morgan fingerprint density at radius 3 is 2.27 bits per heavy atom. The lowest BCUT2D eigenvalue weighted by atomic mass is 9.73. The minimum atomic E-state index is -0.177. The van der Waals surface area contributed by atoms with Crippen LogP contribution in [0.2, 0.25) is 0 Å². The number of carbonyl (C=O) groups excluding carboxylic acids is 2. The first kappa shape index (κ1) is 20.5. The van der Waals surface area contributed by atoms with Gasteiger partial charge in [-0.2, -0.15) is 0 Å². The van der Waals surface area contributed by atoms with Gasteiger partial charge in [-0.05, 0) is 54.0 Å². The van der Waals surface area contributed by atoms with E-state index in [-0.39, 0.29) is 23.5 Å². The second-order valence-corrected chi connectivity index (χ2v) is 8.49. The van der Waals surface area contributed by atoms with Crippen LogP contribution in [-0.4, -0.2) is 32.2 Å². The fourth-order valence-corrected chi connectivity index (χ4v) is 4.83. The Hall–Kier alpha value is -2.73. The third-order valence-electron chi connectivity index (χ3n) is 5.93. The third kappa shape index (κ3) is 3.84. The molecule has 0 radical (unpaired) electrons. The Morgan fingerprint density at radius 2 is 1.60 bits per heavy atom. The van der Waals surface area contributed by atoms with Gasteiger partial charge in [-0.25, -0.2) is 0 Å². The molecule has 156 valence electrons. The van der Waals surface area contributed by atoms with E-state index in [4.69, 9.17) is 9.47 Å². The number of thioether (sulfide) groups is 1. The molecule has 1 heterocycles. The van der Waals surface area contributed by atoms with Crippen molar-refractivity contribution in [1.82, 2.24) is 5.32 Å². The monoisotopic (exact) mass is 423 g/mol. The number of ketones is 1. The molecule has 0 saturated carbocycles. The van der Waals surface area contributed by atoms with Crippen molar-refractivity contribution in [3.05, 3.63) is 64.9 Å². The first-order chi connectivity index (χ1) is 14.5. The number of allylic oxidation sites excluding steroid dienone is 2. The number of ether oxygens (including phenoxy) is 2. The average Bonchev–Trinajstić information content (AvgIpc) is 2.77. The Bertz CT molecular complexity index is 1010. The molecule has 2 aromatic carbocycles. The second-order valence-electron chi connectivity index (χ2n) is 7.61. The average molecular weight is 424 g/mol. The fraction of sp³-hybridized carbons (Fsp3) is 0.333. The van der Waals surface area contributed by atoms with E-state index in [0.717, 1.165) is 27.3 Å². The molecule has 6 heteroatoms.